The van der Waals surface area contributed by atoms with Gasteiger partial charge in [-0.2, -0.15) is 0 Å². The molecule has 0 saturated heterocycles. The van der Waals surface area contributed by atoms with E-state index in [0.717, 1.165) is 44.9 Å². The van der Waals surface area contributed by atoms with Crippen LogP contribution in [0.4, 0.5) is 0 Å². The third kappa shape index (κ3) is 32.5. The fourth-order valence-electron chi connectivity index (χ4n) is 8.77. The zero-order valence-electron chi connectivity index (χ0n) is 41.2. The number of rotatable bonds is 45. The summed E-state index contributed by atoms with van der Waals surface area (Å²) < 4.78 is 22.9. The van der Waals surface area contributed by atoms with Crippen molar-refractivity contribution < 1.29 is 59.0 Å². The van der Waals surface area contributed by atoms with E-state index < -0.39 is 75.2 Å². The van der Waals surface area contributed by atoms with Gasteiger partial charge in [-0.25, -0.2) is 4.57 Å². The lowest BCUT2D eigenvalue weighted by molar-refractivity contribution is -0.220. The summed E-state index contributed by atoms with van der Waals surface area (Å²) in [5.74, 6) is -0.588. The van der Waals surface area contributed by atoms with Gasteiger partial charge < -0.3 is 46.0 Å². The van der Waals surface area contributed by atoms with Crippen molar-refractivity contribution in [2.45, 2.75) is 300 Å². The zero-order valence-corrected chi connectivity index (χ0v) is 42.1. The number of aliphatic hydroxyl groups excluding tert-OH is 7. The Labute approximate surface area is 395 Å². The Morgan fingerprint density at radius 1 is 0.538 bits per heavy atom. The number of phosphoric acid groups is 1. The van der Waals surface area contributed by atoms with Crippen LogP contribution in [0.15, 0.2) is 12.2 Å². The summed E-state index contributed by atoms with van der Waals surface area (Å²) in [6.45, 7) is 3.77. The smallest absolute Gasteiger partial charge is 0.393 e. The van der Waals surface area contributed by atoms with Crippen molar-refractivity contribution in [3.63, 3.8) is 0 Å². The molecule has 0 bridgehead atoms. The lowest BCUT2D eigenvalue weighted by Gasteiger charge is -2.41. The minimum Gasteiger partial charge on any atom is -0.393 e. The van der Waals surface area contributed by atoms with E-state index in [9.17, 15) is 50.0 Å². The Kier molecular flexibility index (Phi) is 39.0. The van der Waals surface area contributed by atoms with Crippen molar-refractivity contribution in [1.29, 1.82) is 0 Å². The van der Waals surface area contributed by atoms with E-state index in [1.165, 1.54) is 173 Å². The van der Waals surface area contributed by atoms with Gasteiger partial charge in [-0.15, -0.1) is 0 Å². The van der Waals surface area contributed by atoms with Gasteiger partial charge in [-0.3, -0.25) is 13.8 Å². The molecule has 0 heterocycles. The van der Waals surface area contributed by atoms with Gasteiger partial charge in [0.15, 0.2) is 0 Å². The lowest BCUT2D eigenvalue weighted by Crippen LogP contribution is -2.64. The number of hydrogen-bond acceptors (Lipinski definition) is 11. The van der Waals surface area contributed by atoms with E-state index >= 15 is 0 Å². The van der Waals surface area contributed by atoms with Gasteiger partial charge in [-0.05, 0) is 19.3 Å². The maximum Gasteiger partial charge on any atom is 0.472 e. The summed E-state index contributed by atoms with van der Waals surface area (Å²) in [5.41, 5.74) is 0. The van der Waals surface area contributed by atoms with Crippen molar-refractivity contribution >= 4 is 13.7 Å². The van der Waals surface area contributed by atoms with E-state index in [-0.39, 0.29) is 6.42 Å². The van der Waals surface area contributed by atoms with Crippen LogP contribution in [0.2, 0.25) is 0 Å². The number of carbonyl (C=O) groups excluding carboxylic acids is 1. The maximum absolute atomic E-state index is 13.0. The minimum atomic E-state index is -5.14. The number of aliphatic hydroxyl groups is 7. The van der Waals surface area contributed by atoms with Gasteiger partial charge in [0.25, 0.3) is 0 Å². The molecule has 14 heteroatoms. The van der Waals surface area contributed by atoms with Crippen LogP contribution in [0, 0.1) is 0 Å². The fraction of sp³-hybridized carbons (Fsp3) is 0.941. The van der Waals surface area contributed by atoms with Crippen LogP contribution in [0.5, 0.6) is 0 Å². The van der Waals surface area contributed by atoms with Crippen molar-refractivity contribution in [1.82, 2.24) is 5.32 Å². The molecule has 0 aromatic rings. The van der Waals surface area contributed by atoms with E-state index in [1.807, 2.05) is 0 Å². The standard InChI is InChI=1S/C51H100NO12P/c1-3-5-7-9-11-13-15-17-19-20-21-22-23-24-25-26-28-30-32-34-36-38-42(53)40-45(55)52-43(41-63-65(61,62)64-51-49(59)47(57)46(56)48(58)50(51)60)44(54)39-37-35-33-31-29-27-18-16-14-12-10-8-6-4-2/h37,39,42-44,46-51,53-54,56-60H,3-36,38,40-41H2,1-2H3,(H,52,55)(H,61,62)/b39-37+. The fourth-order valence-corrected chi connectivity index (χ4v) is 9.74. The maximum atomic E-state index is 13.0. The second-order valence-corrected chi connectivity index (χ2v) is 20.7. The van der Waals surface area contributed by atoms with E-state index in [2.05, 4.69) is 19.2 Å². The SMILES string of the molecule is CCCCCCCCCCCCCC/C=C/C(O)C(COP(=O)(O)OC1C(O)C(O)C(O)C(O)C1O)NC(=O)CC(O)CCCCCCCCCCCCCCCCCCCCCCC. The van der Waals surface area contributed by atoms with Gasteiger partial charge in [0.05, 0.1) is 31.3 Å². The van der Waals surface area contributed by atoms with Crippen LogP contribution in [0.1, 0.15) is 245 Å². The Morgan fingerprint density at radius 3 is 1.26 bits per heavy atom. The van der Waals surface area contributed by atoms with E-state index in [0.29, 0.717) is 12.8 Å². The molecule has 386 valence electrons. The average Bonchev–Trinajstić information content (AvgIpc) is 3.28. The topological polar surface area (TPSA) is 226 Å². The highest BCUT2D eigenvalue weighted by Gasteiger charge is 2.51. The molecule has 1 saturated carbocycles. The van der Waals surface area contributed by atoms with Gasteiger partial charge in [0, 0.05) is 0 Å². The van der Waals surface area contributed by atoms with Crippen molar-refractivity contribution in [3.05, 3.63) is 12.2 Å². The Morgan fingerprint density at radius 2 is 0.877 bits per heavy atom. The molecule has 1 fully saturated rings. The molecular weight excluding hydrogens is 850 g/mol. The van der Waals surface area contributed by atoms with Crippen molar-refractivity contribution in [2.24, 2.45) is 0 Å². The minimum absolute atomic E-state index is 0.239. The number of allylic oxidation sites excluding steroid dienone is 1. The third-order valence-electron chi connectivity index (χ3n) is 13.1. The normalized spacial score (nSPS) is 22.6. The first-order chi connectivity index (χ1) is 31.3. The van der Waals surface area contributed by atoms with Gasteiger partial charge in [0.2, 0.25) is 5.91 Å². The van der Waals surface area contributed by atoms with E-state index in [4.69, 9.17) is 9.05 Å². The highest BCUT2D eigenvalue weighted by molar-refractivity contribution is 7.47. The molecule has 1 amide bonds. The second-order valence-electron chi connectivity index (χ2n) is 19.3. The molecule has 8 atom stereocenters. The van der Waals surface area contributed by atoms with Crippen LogP contribution in [-0.2, 0) is 18.4 Å². The van der Waals surface area contributed by atoms with Crippen LogP contribution in [0.3, 0.4) is 0 Å². The number of nitrogens with one attached hydrogen (secondary N) is 1. The molecule has 0 aromatic carbocycles. The van der Waals surface area contributed by atoms with E-state index in [1.54, 1.807) is 6.08 Å². The molecule has 0 aromatic heterocycles. The first-order valence-electron chi connectivity index (χ1n) is 26.7. The molecule has 1 aliphatic carbocycles. The lowest BCUT2D eigenvalue weighted by atomic mass is 9.85. The summed E-state index contributed by atoms with van der Waals surface area (Å²) >= 11 is 0. The molecule has 65 heavy (non-hydrogen) atoms. The largest absolute Gasteiger partial charge is 0.472 e. The van der Waals surface area contributed by atoms with Gasteiger partial charge in [0.1, 0.15) is 36.6 Å². The van der Waals surface area contributed by atoms with Gasteiger partial charge >= 0.3 is 7.82 Å². The molecule has 9 N–H and O–H groups in total. The van der Waals surface area contributed by atoms with Crippen LogP contribution >= 0.6 is 7.82 Å². The molecular formula is C51H100NO12P. The molecule has 0 spiro atoms. The summed E-state index contributed by atoms with van der Waals surface area (Å²) in [4.78, 5) is 23.5. The number of carbonyl (C=O) groups is 1. The Bertz CT molecular complexity index is 1170. The highest BCUT2D eigenvalue weighted by atomic mass is 31.2. The quantitative estimate of drug-likeness (QED) is 0.0158. The average molecular weight is 950 g/mol. The second kappa shape index (κ2) is 40.9. The molecule has 13 nitrogen and oxygen atoms in total. The van der Waals surface area contributed by atoms with Crippen molar-refractivity contribution in [3.8, 4) is 0 Å². The third-order valence-corrected chi connectivity index (χ3v) is 14.1. The number of phosphoric ester groups is 1. The van der Waals surface area contributed by atoms with Crippen LogP contribution in [-0.4, -0.2) is 108 Å². The zero-order chi connectivity index (χ0) is 48.0. The number of amides is 1. The molecule has 1 rings (SSSR count). The first kappa shape index (κ1) is 62.1. The van der Waals surface area contributed by atoms with Crippen LogP contribution < -0.4 is 5.32 Å². The number of unbranched alkanes of at least 4 members (excludes halogenated alkanes) is 32. The summed E-state index contributed by atoms with van der Waals surface area (Å²) in [6, 6.07) is -1.24. The predicted octanol–water partition coefficient (Wildman–Crippen LogP) is 10.2. The summed E-state index contributed by atoms with van der Waals surface area (Å²) in [7, 11) is -5.14. The summed E-state index contributed by atoms with van der Waals surface area (Å²) in [6.07, 6.45) is 31.6. The van der Waals surface area contributed by atoms with Crippen molar-refractivity contribution in [2.75, 3.05) is 6.61 Å². The first-order valence-corrected chi connectivity index (χ1v) is 28.2. The van der Waals surface area contributed by atoms with Crippen LogP contribution in [0.25, 0.3) is 0 Å². The molecule has 0 aliphatic heterocycles. The predicted molar refractivity (Wildman–Crippen MR) is 261 cm³/mol. The van der Waals surface area contributed by atoms with Gasteiger partial charge in [-0.1, -0.05) is 231 Å². The Balaban J connectivity index is 2.42. The highest BCUT2D eigenvalue weighted by Crippen LogP contribution is 2.47. The monoisotopic (exact) mass is 950 g/mol. The summed E-state index contributed by atoms with van der Waals surface area (Å²) in [5, 5.41) is 74.7. The molecule has 0 radical (unpaired) electrons. The number of hydrogen-bond donors (Lipinski definition) is 9. The molecule has 8 unspecified atom stereocenters. The Hall–Kier alpha value is -0.960. The molecule has 1 aliphatic rings.